The van der Waals surface area contributed by atoms with E-state index in [1.807, 2.05) is 24.3 Å². The summed E-state index contributed by atoms with van der Waals surface area (Å²) in [6.07, 6.45) is 1.24. The molecule has 0 saturated carbocycles. The number of hydrogen-bond donors (Lipinski definition) is 2. The van der Waals surface area contributed by atoms with Crippen LogP contribution in [0.5, 0.6) is 0 Å². The first-order valence-corrected chi connectivity index (χ1v) is 8.98. The van der Waals surface area contributed by atoms with Gasteiger partial charge in [0.15, 0.2) is 5.78 Å². The molecule has 1 heterocycles. The van der Waals surface area contributed by atoms with Crippen LogP contribution >= 0.6 is 12.4 Å². The number of aliphatic carboxylic acids is 1. The van der Waals surface area contributed by atoms with E-state index in [0.717, 1.165) is 16.5 Å². The minimum absolute atomic E-state index is 0. The van der Waals surface area contributed by atoms with Gasteiger partial charge >= 0.3 is 5.97 Å². The molecular weight excluding hydrogens is 398 g/mol. The molecule has 0 spiro atoms. The number of para-hydroxylation sites is 1. The summed E-state index contributed by atoms with van der Waals surface area (Å²) in [5, 5.41) is 12.2. The monoisotopic (exact) mass is 425 g/mol. The number of nitrogens with one attached hydrogen (secondary N) is 1. The second-order valence-corrected chi connectivity index (χ2v) is 8.14. The maximum absolute atomic E-state index is 12.7. The number of nitrogens with two attached hydrogens (primary N) is 1. The van der Waals surface area contributed by atoms with Gasteiger partial charge in [0.05, 0.1) is 21.1 Å². The number of carboxylic acid groups (broad SMARTS) is 1. The van der Waals surface area contributed by atoms with E-state index in [1.165, 1.54) is 6.92 Å². The zero-order chi connectivity index (χ0) is 21.1. The standard InChI is InChI=1S/C20H27N3O5.ClH/c1-13(24)20(10-18(25)26,12-23(2,3)4)28-19(27)16(21)9-14-11-22-17-8-6-5-7-15(14)17;/h5-8,11,16,22H,9-10,12,21H2,1-4H3;1H/t16-,20+;/m0./s1. The summed E-state index contributed by atoms with van der Waals surface area (Å²) in [7, 11) is 5.31. The Hall–Kier alpha value is -2.42. The molecule has 3 N–H and O–H groups in total. The third kappa shape index (κ3) is 6.28. The summed E-state index contributed by atoms with van der Waals surface area (Å²) >= 11 is 0. The Balaban J connectivity index is 0.00000420. The van der Waals surface area contributed by atoms with Crippen molar-refractivity contribution in [2.75, 3.05) is 27.7 Å². The Morgan fingerprint density at radius 1 is 1.24 bits per heavy atom. The minimum Gasteiger partial charge on any atom is -0.550 e. The van der Waals surface area contributed by atoms with Gasteiger partial charge in [-0.25, -0.2) is 0 Å². The molecule has 0 aliphatic carbocycles. The topological polar surface area (TPSA) is 125 Å². The van der Waals surface area contributed by atoms with Crippen LogP contribution in [0.2, 0.25) is 0 Å². The third-order valence-electron chi connectivity index (χ3n) is 4.51. The fourth-order valence-electron chi connectivity index (χ4n) is 3.32. The van der Waals surface area contributed by atoms with Crippen LogP contribution < -0.4 is 10.8 Å². The molecule has 2 atom stereocenters. The smallest absolute Gasteiger partial charge is 0.324 e. The van der Waals surface area contributed by atoms with Crippen molar-refractivity contribution in [2.24, 2.45) is 5.73 Å². The lowest BCUT2D eigenvalue weighted by molar-refractivity contribution is -0.875. The van der Waals surface area contributed by atoms with E-state index < -0.39 is 35.8 Å². The van der Waals surface area contributed by atoms with Crippen molar-refractivity contribution in [1.29, 1.82) is 0 Å². The van der Waals surface area contributed by atoms with Crippen molar-refractivity contribution < 1.29 is 28.7 Å². The summed E-state index contributed by atoms with van der Waals surface area (Å²) in [5.74, 6) is -2.85. The number of likely N-dealkylation sites (N-methyl/N-ethyl adjacent to an activating group) is 1. The number of rotatable bonds is 9. The number of carbonyl (C=O) groups is 3. The van der Waals surface area contributed by atoms with Crippen LogP contribution in [0.25, 0.3) is 10.9 Å². The Bertz CT molecular complexity index is 890. The van der Waals surface area contributed by atoms with Gasteiger partial charge in [0, 0.05) is 35.9 Å². The number of quaternary nitrogens is 1. The number of ether oxygens (including phenoxy) is 1. The number of halogens is 1. The average Bonchev–Trinajstić information content (AvgIpc) is 2.95. The maximum Gasteiger partial charge on any atom is 0.324 e. The zero-order valence-corrected chi connectivity index (χ0v) is 17.9. The van der Waals surface area contributed by atoms with E-state index in [1.54, 1.807) is 27.3 Å². The van der Waals surface area contributed by atoms with Gasteiger partial charge in [0.1, 0.15) is 12.6 Å². The van der Waals surface area contributed by atoms with Crippen molar-refractivity contribution in [2.45, 2.75) is 31.4 Å². The molecule has 0 amide bonds. The number of ketones is 1. The average molecular weight is 426 g/mol. The van der Waals surface area contributed by atoms with Crippen LogP contribution in [0.1, 0.15) is 18.9 Å². The molecule has 0 aliphatic rings. The molecule has 2 rings (SSSR count). The molecule has 0 radical (unpaired) electrons. The Morgan fingerprint density at radius 2 is 1.86 bits per heavy atom. The molecule has 1 aromatic carbocycles. The molecule has 0 unspecified atom stereocenters. The predicted molar refractivity (Wildman–Crippen MR) is 109 cm³/mol. The summed E-state index contributed by atoms with van der Waals surface area (Å²) < 4.78 is 5.67. The molecular formula is C20H28ClN3O5. The highest BCUT2D eigenvalue weighted by atomic mass is 35.5. The molecule has 9 heteroatoms. The number of H-pyrrole nitrogens is 1. The first-order valence-electron chi connectivity index (χ1n) is 8.98. The predicted octanol–water partition coefficient (Wildman–Crippen LogP) is 0.177. The third-order valence-corrected chi connectivity index (χ3v) is 4.51. The molecule has 1 aromatic heterocycles. The quantitative estimate of drug-likeness (QED) is 0.436. The molecule has 8 nitrogen and oxygen atoms in total. The summed E-state index contributed by atoms with van der Waals surface area (Å²) in [4.78, 5) is 39.3. The summed E-state index contributed by atoms with van der Waals surface area (Å²) in [6.45, 7) is 1.19. The maximum atomic E-state index is 12.7. The Morgan fingerprint density at radius 3 is 2.41 bits per heavy atom. The normalized spacial score (nSPS) is 14.5. The number of aromatic amines is 1. The number of hydrogen-bond acceptors (Lipinski definition) is 6. The number of carbonyl (C=O) groups excluding carboxylic acids is 3. The van der Waals surface area contributed by atoms with Gasteiger partial charge in [-0.2, -0.15) is 0 Å². The van der Waals surface area contributed by atoms with Gasteiger partial charge in [-0.3, -0.25) is 9.59 Å². The first kappa shape index (κ1) is 24.6. The van der Waals surface area contributed by atoms with E-state index >= 15 is 0 Å². The molecule has 0 bridgehead atoms. The first-order chi connectivity index (χ1) is 12.9. The van der Waals surface area contributed by atoms with Crippen LogP contribution in [0.15, 0.2) is 30.5 Å². The van der Waals surface area contributed by atoms with Crippen molar-refractivity contribution in [3.63, 3.8) is 0 Å². The molecule has 0 saturated heterocycles. The number of fused-ring (bicyclic) bond motifs is 1. The van der Waals surface area contributed by atoms with Gasteiger partial charge in [-0.05, 0) is 18.6 Å². The van der Waals surface area contributed by atoms with E-state index in [-0.39, 0.29) is 29.9 Å². The highest BCUT2D eigenvalue weighted by molar-refractivity contribution is 5.92. The SMILES string of the molecule is CC(=O)[C@@](CC(=O)[O-])(C[N+](C)(C)C)OC(=O)[C@@H](N)Cc1c[nH]c2ccccc12.Cl. The summed E-state index contributed by atoms with van der Waals surface area (Å²) in [5.41, 5.74) is 5.95. The molecule has 29 heavy (non-hydrogen) atoms. The van der Waals surface area contributed by atoms with Crippen LogP contribution in [0.3, 0.4) is 0 Å². The zero-order valence-electron chi connectivity index (χ0n) is 17.1. The van der Waals surface area contributed by atoms with E-state index in [2.05, 4.69) is 4.98 Å². The van der Waals surface area contributed by atoms with E-state index in [0.29, 0.717) is 0 Å². The molecule has 0 aliphatic heterocycles. The van der Waals surface area contributed by atoms with Gasteiger partial charge in [-0.15, -0.1) is 12.4 Å². The van der Waals surface area contributed by atoms with Crippen molar-refractivity contribution in [3.8, 4) is 0 Å². The summed E-state index contributed by atoms with van der Waals surface area (Å²) in [6, 6.07) is 6.54. The number of carboxylic acids is 1. The lowest BCUT2D eigenvalue weighted by atomic mass is 9.93. The van der Waals surface area contributed by atoms with Crippen LogP contribution in [0, 0.1) is 0 Å². The molecule has 0 fully saturated rings. The highest BCUT2D eigenvalue weighted by Gasteiger charge is 2.45. The van der Waals surface area contributed by atoms with E-state index in [9.17, 15) is 19.5 Å². The van der Waals surface area contributed by atoms with Crippen LogP contribution in [0.4, 0.5) is 0 Å². The fraction of sp³-hybridized carbons (Fsp3) is 0.450. The van der Waals surface area contributed by atoms with Gasteiger partial charge in [-0.1, -0.05) is 18.2 Å². The second kappa shape index (κ2) is 9.39. The van der Waals surface area contributed by atoms with Crippen molar-refractivity contribution in [3.05, 3.63) is 36.0 Å². The van der Waals surface area contributed by atoms with Gasteiger partial charge in [0.2, 0.25) is 5.60 Å². The second-order valence-electron chi connectivity index (χ2n) is 8.14. The fourth-order valence-corrected chi connectivity index (χ4v) is 3.32. The Kier molecular flexibility index (Phi) is 7.97. The van der Waals surface area contributed by atoms with Crippen LogP contribution in [-0.4, -0.2) is 66.5 Å². The highest BCUT2D eigenvalue weighted by Crippen LogP contribution is 2.23. The molecule has 2 aromatic rings. The lowest BCUT2D eigenvalue weighted by Gasteiger charge is -2.37. The van der Waals surface area contributed by atoms with Crippen LogP contribution in [-0.2, 0) is 25.5 Å². The van der Waals surface area contributed by atoms with E-state index in [4.69, 9.17) is 10.5 Å². The largest absolute Gasteiger partial charge is 0.550 e. The number of benzene rings is 1. The van der Waals surface area contributed by atoms with Gasteiger partial charge in [0.25, 0.3) is 0 Å². The number of Topliss-reactive ketones (excluding diaryl/α,β-unsaturated/α-hetero) is 1. The van der Waals surface area contributed by atoms with Crippen molar-refractivity contribution in [1.82, 2.24) is 4.98 Å². The minimum atomic E-state index is -1.83. The number of esters is 1. The van der Waals surface area contributed by atoms with Crippen molar-refractivity contribution >= 4 is 41.0 Å². The Labute approximate surface area is 176 Å². The lowest BCUT2D eigenvalue weighted by Crippen LogP contribution is -2.59. The number of aromatic nitrogens is 1. The molecule has 160 valence electrons. The number of nitrogens with zero attached hydrogens (tertiary/aromatic N) is 1. The van der Waals surface area contributed by atoms with Gasteiger partial charge < -0.3 is 29.8 Å².